The van der Waals surface area contributed by atoms with Crippen molar-refractivity contribution in [1.29, 1.82) is 0 Å². The van der Waals surface area contributed by atoms with E-state index in [1.54, 1.807) is 24.3 Å². The molecule has 1 heterocycles. The van der Waals surface area contributed by atoms with Gasteiger partial charge in [0.1, 0.15) is 5.71 Å². The van der Waals surface area contributed by atoms with Crippen molar-refractivity contribution < 1.29 is 15.0 Å². The second-order valence-electron chi connectivity index (χ2n) is 5.26. The summed E-state index contributed by atoms with van der Waals surface area (Å²) in [6.45, 7) is 0. The first-order valence-electron chi connectivity index (χ1n) is 6.49. The summed E-state index contributed by atoms with van der Waals surface area (Å²) in [7, 11) is 2.77. The van der Waals surface area contributed by atoms with E-state index in [2.05, 4.69) is 10.2 Å². The van der Waals surface area contributed by atoms with Crippen molar-refractivity contribution in [1.82, 2.24) is 9.80 Å². The predicted octanol–water partition coefficient (Wildman–Crippen LogP) is -1.49. The van der Waals surface area contributed by atoms with Crippen molar-refractivity contribution in [2.45, 2.75) is 11.4 Å². The van der Waals surface area contributed by atoms with Crippen LogP contribution in [0.3, 0.4) is 0 Å². The molecule has 2 atom stereocenters. The Labute approximate surface area is 126 Å². The fourth-order valence-corrected chi connectivity index (χ4v) is 3.07. The van der Waals surface area contributed by atoms with Crippen LogP contribution in [0, 0.1) is 0 Å². The summed E-state index contributed by atoms with van der Waals surface area (Å²) < 4.78 is 0. The van der Waals surface area contributed by atoms with Crippen molar-refractivity contribution in [2.24, 2.45) is 21.7 Å². The zero-order valence-electron chi connectivity index (χ0n) is 12.1. The standard InChI is InChI=1S/C13H16N6O3/c1-18-11(20)19(2)13(22)9(16-17-10(14)15)7-5-3-4-6-8(7)12(13,18)21/h3-6,21-22H,1-2H3,(H4,14,15,17). The molecule has 1 aromatic rings. The number of hydrogen-bond donors (Lipinski definition) is 4. The van der Waals surface area contributed by atoms with Crippen molar-refractivity contribution in [3.63, 3.8) is 0 Å². The predicted molar refractivity (Wildman–Crippen MR) is 78.6 cm³/mol. The third kappa shape index (κ3) is 1.36. The molecular formula is C13H16N6O3. The first kappa shape index (κ1) is 14.3. The van der Waals surface area contributed by atoms with Crippen LogP contribution >= 0.6 is 0 Å². The number of guanidine groups is 1. The molecule has 116 valence electrons. The molecule has 22 heavy (non-hydrogen) atoms. The maximum Gasteiger partial charge on any atom is 0.324 e. The average Bonchev–Trinajstić information content (AvgIpc) is 2.77. The van der Waals surface area contributed by atoms with Gasteiger partial charge in [0.05, 0.1) is 0 Å². The molecule has 1 aliphatic heterocycles. The molecule has 2 amide bonds. The molecule has 2 aliphatic rings. The highest BCUT2D eigenvalue weighted by Crippen LogP contribution is 2.52. The lowest BCUT2D eigenvalue weighted by atomic mass is 9.99. The number of hydrogen-bond acceptors (Lipinski definition) is 5. The Kier molecular flexibility index (Phi) is 2.72. The zero-order chi connectivity index (χ0) is 16.3. The number of nitrogens with zero attached hydrogens (tertiary/aromatic N) is 4. The molecule has 0 bridgehead atoms. The molecule has 6 N–H and O–H groups in total. The van der Waals surface area contributed by atoms with E-state index in [0.29, 0.717) is 11.1 Å². The molecule has 3 rings (SSSR count). The normalized spacial score (nSPS) is 31.5. The second kappa shape index (κ2) is 4.18. The minimum Gasteiger partial charge on any atom is -0.369 e. The first-order valence-corrected chi connectivity index (χ1v) is 6.49. The molecule has 1 saturated heterocycles. The quantitative estimate of drug-likeness (QED) is 0.284. The maximum atomic E-state index is 12.2. The van der Waals surface area contributed by atoms with Gasteiger partial charge in [-0.25, -0.2) is 4.79 Å². The number of urea groups is 1. The van der Waals surface area contributed by atoms with E-state index < -0.39 is 17.5 Å². The smallest absolute Gasteiger partial charge is 0.324 e. The van der Waals surface area contributed by atoms with E-state index in [0.717, 1.165) is 9.80 Å². The number of carbonyl (C=O) groups is 1. The molecule has 0 radical (unpaired) electrons. The molecule has 1 aliphatic carbocycles. The van der Waals surface area contributed by atoms with Gasteiger partial charge < -0.3 is 21.7 Å². The van der Waals surface area contributed by atoms with E-state index in [-0.39, 0.29) is 11.7 Å². The van der Waals surface area contributed by atoms with Crippen molar-refractivity contribution in [3.05, 3.63) is 35.4 Å². The van der Waals surface area contributed by atoms with Gasteiger partial charge in [0.2, 0.25) is 17.4 Å². The van der Waals surface area contributed by atoms with Gasteiger partial charge in [-0.1, -0.05) is 24.3 Å². The van der Waals surface area contributed by atoms with Crippen LogP contribution in [0.5, 0.6) is 0 Å². The molecule has 9 heteroatoms. The lowest BCUT2D eigenvalue weighted by molar-refractivity contribution is -0.184. The lowest BCUT2D eigenvalue weighted by Crippen LogP contribution is -2.59. The largest absolute Gasteiger partial charge is 0.369 e. The Balaban J connectivity index is 2.36. The van der Waals surface area contributed by atoms with Crippen LogP contribution in [0.1, 0.15) is 11.1 Å². The Bertz CT molecular complexity index is 728. The summed E-state index contributed by atoms with van der Waals surface area (Å²) >= 11 is 0. The summed E-state index contributed by atoms with van der Waals surface area (Å²) in [6, 6.07) is 6.13. The van der Waals surface area contributed by atoms with Crippen LogP contribution < -0.4 is 11.5 Å². The zero-order valence-corrected chi connectivity index (χ0v) is 12.1. The van der Waals surface area contributed by atoms with Crippen LogP contribution in [0.4, 0.5) is 4.79 Å². The van der Waals surface area contributed by atoms with Gasteiger partial charge in [-0.15, -0.1) is 10.2 Å². The van der Waals surface area contributed by atoms with Crippen LogP contribution in [-0.2, 0) is 5.72 Å². The monoisotopic (exact) mass is 304 g/mol. The molecule has 9 nitrogen and oxygen atoms in total. The summed E-state index contributed by atoms with van der Waals surface area (Å²) in [6.07, 6.45) is 0. The van der Waals surface area contributed by atoms with Gasteiger partial charge in [0, 0.05) is 25.2 Å². The topological polar surface area (TPSA) is 141 Å². The van der Waals surface area contributed by atoms with Gasteiger partial charge >= 0.3 is 6.03 Å². The molecule has 0 aromatic heterocycles. The fraction of sp³-hybridized carbons (Fsp3) is 0.308. The molecule has 0 saturated carbocycles. The van der Waals surface area contributed by atoms with Crippen LogP contribution in [0.25, 0.3) is 0 Å². The van der Waals surface area contributed by atoms with E-state index in [4.69, 9.17) is 11.5 Å². The summed E-state index contributed by atoms with van der Waals surface area (Å²) in [4.78, 5) is 14.3. The van der Waals surface area contributed by atoms with Crippen molar-refractivity contribution >= 4 is 17.7 Å². The number of likely N-dealkylation sites (N-methyl/N-ethyl adjacent to an activating group) is 2. The van der Waals surface area contributed by atoms with Crippen LogP contribution in [-0.4, -0.2) is 57.5 Å². The van der Waals surface area contributed by atoms with E-state index >= 15 is 0 Å². The van der Waals surface area contributed by atoms with Gasteiger partial charge in [-0.3, -0.25) is 9.80 Å². The SMILES string of the molecule is CN1C(=O)N(C)C2(O)c3ccccc3C(=NN=C(N)N)C12O. The Hall–Kier alpha value is -2.65. The number of aliphatic hydroxyl groups is 2. The Morgan fingerprint density at radius 1 is 1.14 bits per heavy atom. The minimum absolute atomic E-state index is 0.000741. The third-order valence-electron chi connectivity index (χ3n) is 4.18. The number of benzene rings is 1. The van der Waals surface area contributed by atoms with Gasteiger partial charge in [-0.2, -0.15) is 0 Å². The average molecular weight is 304 g/mol. The van der Waals surface area contributed by atoms with Crippen LogP contribution in [0.15, 0.2) is 34.5 Å². The molecule has 2 unspecified atom stereocenters. The number of amides is 2. The van der Waals surface area contributed by atoms with Crippen LogP contribution in [0.2, 0.25) is 0 Å². The fourth-order valence-electron chi connectivity index (χ4n) is 3.07. The van der Waals surface area contributed by atoms with Gasteiger partial charge in [-0.05, 0) is 0 Å². The highest BCUT2D eigenvalue weighted by atomic mass is 16.4. The van der Waals surface area contributed by atoms with Gasteiger partial charge in [0.15, 0.2) is 0 Å². The summed E-state index contributed by atoms with van der Waals surface area (Å²) in [5, 5.41) is 29.7. The molecule has 0 spiro atoms. The molecule has 1 aromatic carbocycles. The van der Waals surface area contributed by atoms with Crippen molar-refractivity contribution in [2.75, 3.05) is 14.1 Å². The minimum atomic E-state index is -2.10. The maximum absolute atomic E-state index is 12.2. The molecular weight excluding hydrogens is 288 g/mol. The first-order chi connectivity index (χ1) is 10.3. The number of fused-ring (bicyclic) bond motifs is 3. The molecule has 1 fully saturated rings. The lowest BCUT2D eigenvalue weighted by Gasteiger charge is -2.35. The third-order valence-corrected chi connectivity index (χ3v) is 4.18. The highest BCUT2D eigenvalue weighted by Gasteiger charge is 2.72. The van der Waals surface area contributed by atoms with Gasteiger partial charge in [0.25, 0.3) is 0 Å². The summed E-state index contributed by atoms with van der Waals surface area (Å²) in [5.74, 6) is -0.302. The highest BCUT2D eigenvalue weighted by molar-refractivity contribution is 6.14. The van der Waals surface area contributed by atoms with E-state index in [1.165, 1.54) is 14.1 Å². The Morgan fingerprint density at radius 2 is 1.73 bits per heavy atom. The number of nitrogens with two attached hydrogens (primary N) is 2. The van der Waals surface area contributed by atoms with E-state index in [9.17, 15) is 15.0 Å². The number of rotatable bonds is 1. The van der Waals surface area contributed by atoms with Crippen molar-refractivity contribution in [3.8, 4) is 0 Å². The summed E-state index contributed by atoms with van der Waals surface area (Å²) in [5.41, 5.74) is 7.29. The second-order valence-corrected chi connectivity index (χ2v) is 5.26. The Morgan fingerprint density at radius 3 is 2.36 bits per heavy atom. The van der Waals surface area contributed by atoms with E-state index in [1.807, 2.05) is 0 Å². The number of carbonyl (C=O) groups excluding carboxylic acids is 1.